The van der Waals surface area contributed by atoms with E-state index in [-0.39, 0.29) is 5.92 Å². The molecular weight excluding hydrogens is 466 g/mol. The van der Waals surface area contributed by atoms with Gasteiger partial charge in [-0.2, -0.15) is 0 Å². The molecule has 0 fully saturated rings. The van der Waals surface area contributed by atoms with Gasteiger partial charge in [0.05, 0.1) is 0 Å². The van der Waals surface area contributed by atoms with Crippen molar-refractivity contribution in [3.63, 3.8) is 0 Å². The number of aryl methyl sites for hydroxylation is 1. The van der Waals surface area contributed by atoms with Crippen LogP contribution in [-0.4, -0.2) is 24.4 Å². The number of halogens is 1. The predicted molar refractivity (Wildman–Crippen MR) is 147 cm³/mol. The molecule has 0 radical (unpaired) electrons. The van der Waals surface area contributed by atoms with Crippen LogP contribution < -0.4 is 5.32 Å². The summed E-state index contributed by atoms with van der Waals surface area (Å²) >= 11 is 7.33. The highest BCUT2D eigenvalue weighted by atomic mass is 35.5. The van der Waals surface area contributed by atoms with Gasteiger partial charge in [0.25, 0.3) is 0 Å². The van der Waals surface area contributed by atoms with Gasteiger partial charge in [-0.05, 0) is 42.0 Å². The largest absolute Gasteiger partial charge is 0.478 e. The molecule has 2 aliphatic carbocycles. The number of anilines is 1. The number of aldehydes is 1. The first kappa shape index (κ1) is 29.4. The second-order valence-electron chi connectivity index (χ2n) is 7.16. The van der Waals surface area contributed by atoms with Crippen LogP contribution in [0, 0.1) is 5.92 Å². The van der Waals surface area contributed by atoms with E-state index in [0.29, 0.717) is 17.0 Å². The lowest BCUT2D eigenvalue weighted by Gasteiger charge is -2.19. The lowest BCUT2D eigenvalue weighted by Crippen LogP contribution is -2.14. The van der Waals surface area contributed by atoms with Crippen molar-refractivity contribution in [3.05, 3.63) is 81.2 Å². The minimum atomic E-state index is -0.927. The molecule has 34 heavy (non-hydrogen) atoms. The van der Waals surface area contributed by atoms with Crippen LogP contribution >= 0.6 is 22.9 Å². The molecule has 0 aliphatic heterocycles. The van der Waals surface area contributed by atoms with Crippen LogP contribution in [0.3, 0.4) is 0 Å². The number of hydrogen-bond donors (Lipinski definition) is 2. The van der Waals surface area contributed by atoms with Crippen molar-refractivity contribution in [2.45, 2.75) is 53.4 Å². The smallest absolute Gasteiger partial charge is 0.339 e. The van der Waals surface area contributed by atoms with Gasteiger partial charge in [0.15, 0.2) is 0 Å². The molecule has 0 bridgehead atoms. The molecule has 2 aromatic rings. The number of rotatable bonds is 4. The number of nitrogens with one attached hydrogen (secondary N) is 1. The van der Waals surface area contributed by atoms with E-state index in [1.807, 2.05) is 57.4 Å². The molecule has 2 aliphatic rings. The van der Waals surface area contributed by atoms with Crippen molar-refractivity contribution in [1.29, 1.82) is 0 Å². The summed E-state index contributed by atoms with van der Waals surface area (Å²) in [7, 11) is 1.72. The van der Waals surface area contributed by atoms with Gasteiger partial charge in [0.2, 0.25) is 0 Å². The third-order valence-electron chi connectivity index (χ3n) is 5.17. The molecule has 4 nitrogen and oxygen atoms in total. The van der Waals surface area contributed by atoms with Crippen LogP contribution in [-0.2, 0) is 17.6 Å². The van der Waals surface area contributed by atoms with Gasteiger partial charge < -0.3 is 15.2 Å². The van der Waals surface area contributed by atoms with Crippen molar-refractivity contribution in [2.75, 3.05) is 12.4 Å². The van der Waals surface area contributed by atoms with E-state index in [1.54, 1.807) is 13.1 Å². The predicted octanol–water partition coefficient (Wildman–Crippen LogP) is 8.00. The summed E-state index contributed by atoms with van der Waals surface area (Å²) in [6.07, 6.45) is 12.3. The molecule has 1 atom stereocenters. The number of carboxylic acids is 1. The first-order valence-electron chi connectivity index (χ1n) is 11.8. The minimum absolute atomic E-state index is 0.264. The molecule has 4 rings (SSSR count). The molecule has 0 saturated carbocycles. The Morgan fingerprint density at radius 3 is 2.44 bits per heavy atom. The SMILES string of the molecule is CC.CC.CNc1scc(C2=CC=C(Cl)CC=C2)c1C(=O)O.O=CC1CCc2ccccc2C1. The van der Waals surface area contributed by atoms with Gasteiger partial charge in [-0.1, -0.05) is 81.8 Å². The van der Waals surface area contributed by atoms with Crippen LogP contribution in [0.25, 0.3) is 5.57 Å². The maximum Gasteiger partial charge on any atom is 0.339 e. The Kier molecular flexibility index (Phi) is 13.9. The molecule has 1 aromatic carbocycles. The fraction of sp³-hybridized carbons (Fsp3) is 0.357. The van der Waals surface area contributed by atoms with Gasteiger partial charge in [-0.15, -0.1) is 11.3 Å². The second kappa shape index (κ2) is 16.1. The zero-order valence-electron chi connectivity index (χ0n) is 20.7. The Morgan fingerprint density at radius 1 is 1.15 bits per heavy atom. The number of carboxylic acid groups (broad SMARTS) is 1. The van der Waals surface area contributed by atoms with E-state index in [2.05, 4.69) is 23.5 Å². The number of fused-ring (bicyclic) bond motifs is 1. The van der Waals surface area contributed by atoms with Crippen LogP contribution in [0.15, 0.2) is 59.0 Å². The number of carbonyl (C=O) groups is 2. The summed E-state index contributed by atoms with van der Waals surface area (Å²) in [5.74, 6) is -0.663. The maximum absolute atomic E-state index is 11.3. The fourth-order valence-electron chi connectivity index (χ4n) is 3.59. The fourth-order valence-corrected chi connectivity index (χ4v) is 4.67. The number of benzene rings is 1. The average molecular weight is 502 g/mol. The highest BCUT2D eigenvalue weighted by Crippen LogP contribution is 2.34. The van der Waals surface area contributed by atoms with E-state index in [9.17, 15) is 14.7 Å². The third kappa shape index (κ3) is 8.30. The monoisotopic (exact) mass is 501 g/mol. The normalized spacial score (nSPS) is 15.8. The lowest BCUT2D eigenvalue weighted by atomic mass is 9.85. The number of aromatic carboxylic acids is 1. The molecule has 0 saturated heterocycles. The molecule has 2 N–H and O–H groups in total. The Morgan fingerprint density at radius 2 is 1.82 bits per heavy atom. The van der Waals surface area contributed by atoms with Crippen LogP contribution in [0.2, 0.25) is 0 Å². The number of thiophene rings is 1. The molecule has 1 unspecified atom stereocenters. The van der Waals surface area contributed by atoms with Crippen LogP contribution in [0.4, 0.5) is 5.00 Å². The Hall–Kier alpha value is -2.63. The highest BCUT2D eigenvalue weighted by Gasteiger charge is 2.19. The Bertz CT molecular complexity index is 1020. The van der Waals surface area contributed by atoms with E-state index in [4.69, 9.17) is 11.6 Å². The molecule has 0 amide bonds. The number of hydrogen-bond acceptors (Lipinski definition) is 4. The molecule has 0 spiro atoms. The number of allylic oxidation sites excluding steroid dienone is 6. The van der Waals surface area contributed by atoms with E-state index in [1.165, 1.54) is 22.5 Å². The van der Waals surface area contributed by atoms with Gasteiger partial charge in [0.1, 0.15) is 16.9 Å². The Labute approximate surface area is 213 Å². The molecule has 6 heteroatoms. The summed E-state index contributed by atoms with van der Waals surface area (Å²) in [6.45, 7) is 8.00. The lowest BCUT2D eigenvalue weighted by molar-refractivity contribution is -0.111. The first-order valence-corrected chi connectivity index (χ1v) is 13.1. The first-order chi connectivity index (χ1) is 16.5. The molecule has 1 aromatic heterocycles. The summed E-state index contributed by atoms with van der Waals surface area (Å²) < 4.78 is 0. The molecular formula is C28H36ClNO3S. The average Bonchev–Trinajstić information content (AvgIpc) is 3.21. The van der Waals surface area contributed by atoms with Gasteiger partial charge in [-0.25, -0.2) is 4.79 Å². The number of carbonyl (C=O) groups excluding carboxylic acids is 1. The summed E-state index contributed by atoms with van der Waals surface area (Å²) in [4.78, 5) is 21.9. The van der Waals surface area contributed by atoms with Crippen LogP contribution in [0.1, 0.15) is 67.6 Å². The van der Waals surface area contributed by atoms with Gasteiger partial charge in [0, 0.05) is 35.4 Å². The summed E-state index contributed by atoms with van der Waals surface area (Å²) in [5, 5.41) is 15.4. The summed E-state index contributed by atoms with van der Waals surface area (Å²) in [5.41, 5.74) is 4.68. The van der Waals surface area contributed by atoms with Crippen LogP contribution in [0.5, 0.6) is 0 Å². The maximum atomic E-state index is 11.3. The summed E-state index contributed by atoms with van der Waals surface area (Å²) in [6, 6.07) is 8.41. The van der Waals surface area contributed by atoms with E-state index in [0.717, 1.165) is 41.7 Å². The second-order valence-corrected chi connectivity index (χ2v) is 8.52. The minimum Gasteiger partial charge on any atom is -0.478 e. The van der Waals surface area contributed by atoms with Crippen molar-refractivity contribution >= 4 is 45.8 Å². The van der Waals surface area contributed by atoms with E-state index >= 15 is 0 Å². The molecule has 184 valence electrons. The highest BCUT2D eigenvalue weighted by molar-refractivity contribution is 7.14. The van der Waals surface area contributed by atoms with Gasteiger partial charge in [-0.3, -0.25) is 0 Å². The zero-order chi connectivity index (χ0) is 25.5. The van der Waals surface area contributed by atoms with Gasteiger partial charge >= 0.3 is 5.97 Å². The quantitative estimate of drug-likeness (QED) is 0.416. The Balaban J connectivity index is 0.000000313. The van der Waals surface area contributed by atoms with Crippen molar-refractivity contribution in [2.24, 2.45) is 5.92 Å². The molecule has 1 heterocycles. The van der Waals surface area contributed by atoms with Crippen molar-refractivity contribution < 1.29 is 14.7 Å². The van der Waals surface area contributed by atoms with Crippen molar-refractivity contribution in [3.8, 4) is 0 Å². The van der Waals surface area contributed by atoms with E-state index < -0.39 is 5.97 Å². The standard InChI is InChI=1S/C13H12ClNO2S.C11H12O.2C2H6/c1-15-12-11(13(16)17)10(7-18-12)8-3-2-4-9(14)6-5-8;12-8-9-5-6-10-3-1-2-4-11(10)7-9;2*1-2/h2-3,5-7,15H,4H2,1H3,(H,16,17);1-4,8-9H,5-7H2;2*1-2H3. The van der Waals surface area contributed by atoms with Crippen molar-refractivity contribution in [1.82, 2.24) is 0 Å². The zero-order valence-corrected chi connectivity index (χ0v) is 22.3. The topological polar surface area (TPSA) is 66.4 Å². The third-order valence-corrected chi connectivity index (χ3v) is 6.45.